The van der Waals surface area contributed by atoms with Gasteiger partial charge < -0.3 is 26.4 Å². The van der Waals surface area contributed by atoms with Crippen molar-refractivity contribution in [2.24, 2.45) is 11.5 Å². The number of nitrogens with zero attached hydrogens (tertiary/aromatic N) is 4. The Morgan fingerprint density at radius 1 is 1.07 bits per heavy atom. The van der Waals surface area contributed by atoms with Gasteiger partial charge >= 0.3 is 6.09 Å². The number of hydrogen-bond donors (Lipinski definition) is 3. The second-order valence-corrected chi connectivity index (χ2v) is 11.5. The lowest BCUT2D eigenvalue weighted by molar-refractivity contribution is -0.137. The summed E-state index contributed by atoms with van der Waals surface area (Å²) in [5.74, 6) is -0.463. The molecule has 1 aliphatic heterocycles. The average molecular weight is 562 g/mol. The third-order valence-corrected chi connectivity index (χ3v) is 8.27. The molecule has 2 fully saturated rings. The van der Waals surface area contributed by atoms with E-state index in [1.165, 1.54) is 13.8 Å². The first kappa shape index (κ1) is 28.7. The van der Waals surface area contributed by atoms with Gasteiger partial charge in [-0.15, -0.1) is 0 Å². The van der Waals surface area contributed by atoms with E-state index in [-0.39, 0.29) is 12.0 Å². The summed E-state index contributed by atoms with van der Waals surface area (Å²) in [4.78, 5) is 43.0. The standard InChI is InChI=1S/C28H31N7O4S/c1-28(2,39-27(32)38)26(37)33-18-10-12-35(13-11-18)24-19(14-29)21(16-8-9-16)20(15-30)25(34-24)40-22(23(31)36)17-6-4-3-5-7-17/h3-7,16,18,22H,8-13H2,1-2H3,(H2,31,36)(H2,32,38)(H,33,37). The summed E-state index contributed by atoms with van der Waals surface area (Å²) in [5.41, 5.74) is 11.5. The highest BCUT2D eigenvalue weighted by atomic mass is 32.2. The first-order valence-corrected chi connectivity index (χ1v) is 13.9. The first-order chi connectivity index (χ1) is 19.1. The Morgan fingerprint density at radius 3 is 2.23 bits per heavy atom. The van der Waals surface area contributed by atoms with E-state index in [2.05, 4.69) is 17.5 Å². The van der Waals surface area contributed by atoms with Gasteiger partial charge in [0.05, 0.1) is 11.1 Å². The van der Waals surface area contributed by atoms with Crippen LogP contribution in [-0.2, 0) is 14.3 Å². The average Bonchev–Trinajstić information content (AvgIpc) is 3.76. The molecule has 4 rings (SSSR count). The zero-order valence-electron chi connectivity index (χ0n) is 22.3. The molecule has 0 spiro atoms. The number of carbonyl (C=O) groups is 3. The van der Waals surface area contributed by atoms with Gasteiger partial charge in [0.15, 0.2) is 5.60 Å². The summed E-state index contributed by atoms with van der Waals surface area (Å²) in [6.45, 7) is 3.91. The second kappa shape index (κ2) is 11.8. The maximum atomic E-state index is 12.7. The van der Waals surface area contributed by atoms with E-state index in [1.54, 1.807) is 12.1 Å². The topological polar surface area (TPSA) is 188 Å². The Kier molecular flexibility index (Phi) is 8.50. The highest BCUT2D eigenvalue weighted by Crippen LogP contribution is 2.48. The summed E-state index contributed by atoms with van der Waals surface area (Å²) in [6.07, 6.45) is 1.82. The van der Waals surface area contributed by atoms with Crippen molar-refractivity contribution in [1.29, 1.82) is 10.5 Å². The molecule has 12 heteroatoms. The van der Waals surface area contributed by atoms with Crippen LogP contribution in [0.4, 0.5) is 10.6 Å². The molecule has 2 aliphatic rings. The molecule has 2 aromatic rings. The summed E-state index contributed by atoms with van der Waals surface area (Å²) >= 11 is 1.12. The van der Waals surface area contributed by atoms with Crippen molar-refractivity contribution in [3.8, 4) is 12.1 Å². The fraction of sp³-hybridized carbons (Fsp3) is 0.429. The van der Waals surface area contributed by atoms with Crippen molar-refractivity contribution in [3.63, 3.8) is 0 Å². The van der Waals surface area contributed by atoms with Crippen LogP contribution in [0.25, 0.3) is 0 Å². The van der Waals surface area contributed by atoms with E-state index in [4.69, 9.17) is 21.2 Å². The number of piperidine rings is 1. The van der Waals surface area contributed by atoms with E-state index in [9.17, 15) is 24.9 Å². The minimum absolute atomic E-state index is 0.0819. The molecule has 40 heavy (non-hydrogen) atoms. The number of amides is 3. The van der Waals surface area contributed by atoms with Crippen LogP contribution >= 0.6 is 11.8 Å². The predicted octanol–water partition coefficient (Wildman–Crippen LogP) is 2.98. The zero-order chi connectivity index (χ0) is 29.0. The summed E-state index contributed by atoms with van der Waals surface area (Å²) in [7, 11) is 0. The third-order valence-electron chi connectivity index (χ3n) is 7.02. The van der Waals surface area contributed by atoms with Crippen molar-refractivity contribution < 1.29 is 19.1 Å². The molecular weight excluding hydrogens is 530 g/mol. The Balaban J connectivity index is 1.62. The van der Waals surface area contributed by atoms with Gasteiger partial charge in [-0.3, -0.25) is 9.59 Å². The van der Waals surface area contributed by atoms with Crippen molar-refractivity contribution in [3.05, 3.63) is 52.6 Å². The van der Waals surface area contributed by atoms with Crippen LogP contribution in [0.3, 0.4) is 0 Å². The molecule has 1 atom stereocenters. The fourth-order valence-electron chi connectivity index (χ4n) is 4.80. The first-order valence-electron chi connectivity index (χ1n) is 13.0. The lowest BCUT2D eigenvalue weighted by atomic mass is 9.98. The van der Waals surface area contributed by atoms with E-state index in [0.717, 1.165) is 24.6 Å². The molecule has 1 unspecified atom stereocenters. The number of benzene rings is 1. The van der Waals surface area contributed by atoms with Crippen molar-refractivity contribution in [2.75, 3.05) is 18.0 Å². The Bertz CT molecular complexity index is 1390. The zero-order valence-corrected chi connectivity index (χ0v) is 23.2. The highest BCUT2D eigenvalue weighted by Gasteiger charge is 2.37. The molecule has 1 saturated carbocycles. The number of nitriles is 2. The molecule has 1 aliphatic carbocycles. The minimum atomic E-state index is -1.41. The second-order valence-electron chi connectivity index (χ2n) is 10.4. The number of primary amides is 2. The van der Waals surface area contributed by atoms with Crippen LogP contribution in [0.15, 0.2) is 35.4 Å². The van der Waals surface area contributed by atoms with Gasteiger partial charge in [0.1, 0.15) is 28.2 Å². The van der Waals surface area contributed by atoms with Gasteiger partial charge in [0.25, 0.3) is 5.91 Å². The van der Waals surface area contributed by atoms with Crippen LogP contribution in [0.5, 0.6) is 0 Å². The van der Waals surface area contributed by atoms with E-state index < -0.39 is 28.8 Å². The van der Waals surface area contributed by atoms with Crippen LogP contribution in [0, 0.1) is 22.7 Å². The van der Waals surface area contributed by atoms with Gasteiger partial charge in [-0.25, -0.2) is 9.78 Å². The quantitative estimate of drug-likeness (QED) is 0.387. The van der Waals surface area contributed by atoms with E-state index >= 15 is 0 Å². The molecule has 0 radical (unpaired) electrons. The van der Waals surface area contributed by atoms with Gasteiger partial charge in [0.2, 0.25) is 5.91 Å². The minimum Gasteiger partial charge on any atom is -0.434 e. The van der Waals surface area contributed by atoms with Crippen molar-refractivity contribution in [2.45, 2.75) is 67.4 Å². The van der Waals surface area contributed by atoms with Gasteiger partial charge in [-0.05, 0) is 56.6 Å². The summed E-state index contributed by atoms with van der Waals surface area (Å²) < 4.78 is 4.93. The number of nitrogens with one attached hydrogen (secondary N) is 1. The molecule has 11 nitrogen and oxygen atoms in total. The normalized spacial score (nSPS) is 16.4. The maximum absolute atomic E-state index is 12.7. The number of thioether (sulfide) groups is 1. The molecule has 2 heterocycles. The third kappa shape index (κ3) is 6.29. The number of carbonyl (C=O) groups excluding carboxylic acids is 3. The number of ether oxygens (including phenoxy) is 1. The predicted molar refractivity (Wildman–Crippen MR) is 148 cm³/mol. The van der Waals surface area contributed by atoms with Crippen LogP contribution in [-0.4, -0.2) is 47.6 Å². The molecule has 1 aromatic heterocycles. The van der Waals surface area contributed by atoms with Gasteiger partial charge in [-0.2, -0.15) is 10.5 Å². The molecule has 1 aromatic carbocycles. The largest absolute Gasteiger partial charge is 0.434 e. The SMILES string of the molecule is CC(C)(OC(N)=O)C(=O)NC1CCN(c2nc(SC(C(N)=O)c3ccccc3)c(C#N)c(C3CC3)c2C#N)CC1. The molecule has 1 saturated heterocycles. The number of aromatic nitrogens is 1. The number of anilines is 1. The monoisotopic (exact) mass is 561 g/mol. The van der Waals surface area contributed by atoms with Crippen molar-refractivity contribution >= 4 is 35.5 Å². The Morgan fingerprint density at radius 2 is 1.70 bits per heavy atom. The molecular formula is C28H31N7O4S. The van der Waals surface area contributed by atoms with Crippen LogP contribution in [0.1, 0.15) is 73.0 Å². The summed E-state index contributed by atoms with van der Waals surface area (Å²) in [5, 5.41) is 22.8. The molecule has 208 valence electrons. The van der Waals surface area contributed by atoms with Gasteiger partial charge in [-0.1, -0.05) is 42.1 Å². The Hall–Kier alpha value is -4.29. The molecule has 5 N–H and O–H groups in total. The van der Waals surface area contributed by atoms with Gasteiger partial charge in [0, 0.05) is 19.1 Å². The van der Waals surface area contributed by atoms with Crippen LogP contribution < -0.4 is 21.7 Å². The number of nitrogens with two attached hydrogens (primary N) is 2. The fourth-order valence-corrected chi connectivity index (χ4v) is 5.85. The maximum Gasteiger partial charge on any atom is 0.405 e. The Labute approximate surface area is 236 Å². The van der Waals surface area contributed by atoms with Crippen molar-refractivity contribution in [1.82, 2.24) is 10.3 Å². The highest BCUT2D eigenvalue weighted by molar-refractivity contribution is 8.00. The van der Waals surface area contributed by atoms with E-state index in [1.807, 2.05) is 23.1 Å². The molecule has 3 amide bonds. The van der Waals surface area contributed by atoms with Crippen LogP contribution in [0.2, 0.25) is 0 Å². The smallest absolute Gasteiger partial charge is 0.405 e. The lowest BCUT2D eigenvalue weighted by Crippen LogP contribution is -2.52. The number of rotatable bonds is 9. The number of pyridine rings is 1. The summed E-state index contributed by atoms with van der Waals surface area (Å²) in [6, 6.07) is 13.4. The van der Waals surface area contributed by atoms with E-state index in [0.29, 0.717) is 59.0 Å². The lowest BCUT2D eigenvalue weighted by Gasteiger charge is -2.35. The molecule has 0 bridgehead atoms. The number of hydrogen-bond acceptors (Lipinski definition) is 9.